The summed E-state index contributed by atoms with van der Waals surface area (Å²) in [7, 11) is 1.87. The molecule has 1 saturated heterocycles. The highest BCUT2D eigenvalue weighted by molar-refractivity contribution is 6.04. The number of nitrogens with zero attached hydrogens (tertiary/aromatic N) is 4. The molecule has 0 N–H and O–H groups in total. The Bertz CT molecular complexity index is 925. The summed E-state index contributed by atoms with van der Waals surface area (Å²) >= 11 is 0. The van der Waals surface area contributed by atoms with Gasteiger partial charge < -0.3 is 4.57 Å². The highest BCUT2D eigenvalue weighted by Crippen LogP contribution is 2.50. The van der Waals surface area contributed by atoms with E-state index in [1.54, 1.807) is 11.2 Å². The lowest BCUT2D eigenvalue weighted by Gasteiger charge is -2.25. The number of hydrogen-bond donors (Lipinski definition) is 0. The van der Waals surface area contributed by atoms with E-state index < -0.39 is 5.41 Å². The second-order valence-electron chi connectivity index (χ2n) is 7.13. The number of amides is 1. The lowest BCUT2D eigenvalue weighted by molar-refractivity contribution is -0.125. The van der Waals surface area contributed by atoms with Gasteiger partial charge in [0, 0.05) is 42.8 Å². The SMILES string of the molecule is Cn1cnc(N2C(=O)C(C)(C)C3CC=C(c4cnccc4F)C=C32)c1. The van der Waals surface area contributed by atoms with Gasteiger partial charge in [-0.1, -0.05) is 19.9 Å². The predicted molar refractivity (Wildman–Crippen MR) is 92.8 cm³/mol. The highest BCUT2D eigenvalue weighted by Gasteiger charge is 2.52. The molecule has 25 heavy (non-hydrogen) atoms. The highest BCUT2D eigenvalue weighted by atomic mass is 19.1. The molecule has 0 radical (unpaired) electrons. The van der Waals surface area contributed by atoms with Crippen LogP contribution in [0.1, 0.15) is 25.8 Å². The Balaban J connectivity index is 1.83. The molecule has 2 aromatic rings. The molecule has 2 aliphatic rings. The van der Waals surface area contributed by atoms with E-state index in [1.807, 2.05) is 43.8 Å². The first-order valence-corrected chi connectivity index (χ1v) is 8.23. The van der Waals surface area contributed by atoms with Gasteiger partial charge in [0.15, 0.2) is 5.82 Å². The molecular formula is C19H19FN4O. The van der Waals surface area contributed by atoms with Crippen LogP contribution in [0.3, 0.4) is 0 Å². The molecule has 1 aliphatic carbocycles. The Hall–Kier alpha value is -2.76. The second kappa shape index (κ2) is 5.37. The van der Waals surface area contributed by atoms with Crippen molar-refractivity contribution in [3.05, 3.63) is 60.2 Å². The predicted octanol–water partition coefficient (Wildman–Crippen LogP) is 3.31. The Labute approximate surface area is 145 Å². The van der Waals surface area contributed by atoms with E-state index in [2.05, 4.69) is 9.97 Å². The van der Waals surface area contributed by atoms with Gasteiger partial charge in [-0.05, 0) is 24.1 Å². The summed E-state index contributed by atoms with van der Waals surface area (Å²) < 4.78 is 16.0. The minimum atomic E-state index is -0.529. The Kier molecular flexibility index (Phi) is 3.39. The van der Waals surface area contributed by atoms with E-state index in [9.17, 15) is 9.18 Å². The van der Waals surface area contributed by atoms with E-state index in [-0.39, 0.29) is 17.6 Å². The van der Waals surface area contributed by atoms with Gasteiger partial charge in [0.1, 0.15) is 5.82 Å². The molecule has 1 fully saturated rings. The number of imidazole rings is 1. The first kappa shape index (κ1) is 15.7. The summed E-state index contributed by atoms with van der Waals surface area (Å²) in [6.07, 6.45) is 11.0. The zero-order valence-electron chi connectivity index (χ0n) is 14.4. The fourth-order valence-corrected chi connectivity index (χ4v) is 3.65. The van der Waals surface area contributed by atoms with Crippen LogP contribution in [0.4, 0.5) is 10.2 Å². The van der Waals surface area contributed by atoms with Gasteiger partial charge in [-0.3, -0.25) is 14.7 Å². The Morgan fingerprint density at radius 3 is 2.84 bits per heavy atom. The van der Waals surface area contributed by atoms with Gasteiger partial charge >= 0.3 is 0 Å². The smallest absolute Gasteiger partial charge is 0.238 e. The van der Waals surface area contributed by atoms with Crippen LogP contribution in [0.5, 0.6) is 0 Å². The van der Waals surface area contributed by atoms with Crippen LogP contribution in [-0.4, -0.2) is 20.4 Å². The number of allylic oxidation sites excluding steroid dienone is 4. The molecule has 0 saturated carbocycles. The van der Waals surface area contributed by atoms with Crippen molar-refractivity contribution in [2.45, 2.75) is 20.3 Å². The lowest BCUT2D eigenvalue weighted by atomic mass is 9.75. The van der Waals surface area contributed by atoms with Crippen molar-refractivity contribution < 1.29 is 9.18 Å². The third kappa shape index (κ3) is 2.32. The van der Waals surface area contributed by atoms with Crippen molar-refractivity contribution in [3.63, 3.8) is 0 Å². The van der Waals surface area contributed by atoms with Gasteiger partial charge in [-0.15, -0.1) is 0 Å². The van der Waals surface area contributed by atoms with Crippen LogP contribution in [0.25, 0.3) is 5.57 Å². The minimum absolute atomic E-state index is 0.0174. The maximum absolute atomic E-state index is 14.2. The standard InChI is InChI=1S/C19H19FN4O/c1-19(2)14-5-4-12(13-9-21-7-6-15(13)20)8-16(14)24(18(19)25)17-10-23(3)11-22-17/h4,6-11,14H,5H2,1-3H3. The van der Waals surface area contributed by atoms with Crippen LogP contribution in [0.15, 0.2) is 48.8 Å². The maximum atomic E-state index is 14.2. The normalized spacial score (nSPS) is 21.8. The zero-order valence-corrected chi connectivity index (χ0v) is 14.4. The van der Waals surface area contributed by atoms with Crippen LogP contribution in [0, 0.1) is 17.2 Å². The average Bonchev–Trinajstić information content (AvgIpc) is 3.08. The number of aromatic nitrogens is 3. The first-order chi connectivity index (χ1) is 11.9. The van der Waals surface area contributed by atoms with Gasteiger partial charge in [-0.25, -0.2) is 9.37 Å². The van der Waals surface area contributed by atoms with E-state index >= 15 is 0 Å². The van der Waals surface area contributed by atoms with E-state index in [0.717, 1.165) is 11.3 Å². The molecule has 128 valence electrons. The van der Waals surface area contributed by atoms with Gasteiger partial charge in [0.2, 0.25) is 5.91 Å². The van der Waals surface area contributed by atoms with Crippen molar-refractivity contribution in [1.82, 2.24) is 14.5 Å². The van der Waals surface area contributed by atoms with Crippen molar-refractivity contribution >= 4 is 17.3 Å². The third-order valence-electron chi connectivity index (χ3n) is 5.12. The fourth-order valence-electron chi connectivity index (χ4n) is 3.65. The summed E-state index contributed by atoms with van der Waals surface area (Å²) in [5.74, 6) is 0.348. The summed E-state index contributed by atoms with van der Waals surface area (Å²) in [5.41, 5.74) is 1.54. The molecule has 5 nitrogen and oxygen atoms in total. The molecule has 0 aromatic carbocycles. The number of aryl methyl sites for hydroxylation is 1. The fraction of sp³-hybridized carbons (Fsp3) is 0.316. The molecule has 4 rings (SSSR count). The van der Waals surface area contributed by atoms with Crippen LogP contribution in [0.2, 0.25) is 0 Å². The number of carbonyl (C=O) groups excluding carboxylic acids is 1. The van der Waals surface area contributed by atoms with Gasteiger partial charge in [-0.2, -0.15) is 0 Å². The van der Waals surface area contributed by atoms with Crippen molar-refractivity contribution in [3.8, 4) is 0 Å². The second-order valence-corrected chi connectivity index (χ2v) is 7.13. The Morgan fingerprint density at radius 1 is 1.36 bits per heavy atom. The van der Waals surface area contributed by atoms with E-state index in [4.69, 9.17) is 0 Å². The molecular weight excluding hydrogens is 319 g/mol. The number of carbonyl (C=O) groups is 1. The van der Waals surface area contributed by atoms with Gasteiger partial charge in [0.05, 0.1) is 11.7 Å². The monoisotopic (exact) mass is 338 g/mol. The largest absolute Gasteiger partial charge is 0.338 e. The lowest BCUT2D eigenvalue weighted by Crippen LogP contribution is -2.31. The molecule has 2 aromatic heterocycles. The quantitative estimate of drug-likeness (QED) is 0.844. The number of pyridine rings is 1. The van der Waals surface area contributed by atoms with Crippen LogP contribution >= 0.6 is 0 Å². The molecule has 3 heterocycles. The van der Waals surface area contributed by atoms with Crippen molar-refractivity contribution in [1.29, 1.82) is 0 Å². The molecule has 0 bridgehead atoms. The molecule has 1 unspecified atom stereocenters. The van der Waals surface area contributed by atoms with Crippen molar-refractivity contribution in [2.24, 2.45) is 18.4 Å². The van der Waals surface area contributed by atoms with Gasteiger partial charge in [0.25, 0.3) is 0 Å². The van der Waals surface area contributed by atoms with Crippen LogP contribution < -0.4 is 4.90 Å². The third-order valence-corrected chi connectivity index (χ3v) is 5.12. The number of anilines is 1. The first-order valence-electron chi connectivity index (χ1n) is 8.23. The Morgan fingerprint density at radius 2 is 2.16 bits per heavy atom. The molecule has 1 amide bonds. The summed E-state index contributed by atoms with van der Waals surface area (Å²) in [6, 6.07) is 1.35. The molecule has 1 atom stereocenters. The van der Waals surface area contributed by atoms with E-state index in [1.165, 1.54) is 18.5 Å². The van der Waals surface area contributed by atoms with E-state index in [0.29, 0.717) is 17.8 Å². The number of fused-ring (bicyclic) bond motifs is 1. The molecule has 6 heteroatoms. The summed E-state index contributed by atoms with van der Waals surface area (Å²) in [4.78, 5) is 23.1. The van der Waals surface area contributed by atoms with Crippen LogP contribution in [-0.2, 0) is 11.8 Å². The number of hydrogen-bond acceptors (Lipinski definition) is 3. The molecule has 0 spiro atoms. The topological polar surface area (TPSA) is 51.0 Å². The summed E-state index contributed by atoms with van der Waals surface area (Å²) in [5, 5.41) is 0. The zero-order chi connectivity index (χ0) is 17.8. The average molecular weight is 338 g/mol. The summed E-state index contributed by atoms with van der Waals surface area (Å²) in [6.45, 7) is 3.92. The van der Waals surface area contributed by atoms with Crippen molar-refractivity contribution in [2.75, 3.05) is 4.90 Å². The number of halogens is 1. The molecule has 1 aliphatic heterocycles. The number of rotatable bonds is 2. The minimum Gasteiger partial charge on any atom is -0.338 e. The maximum Gasteiger partial charge on any atom is 0.238 e.